The number of benzene rings is 1. The number of non-ortho nitro benzene ring substituents is 1. The quantitative estimate of drug-likeness (QED) is 0.698. The van der Waals surface area contributed by atoms with Crippen LogP contribution in [0.2, 0.25) is 0 Å². The second-order valence-electron chi connectivity index (χ2n) is 3.67. The average molecular weight is 312 g/mol. The number of aromatic nitrogens is 2. The molecule has 0 aliphatic heterocycles. The van der Waals surface area contributed by atoms with Crippen LogP contribution in [0.5, 0.6) is 0 Å². The predicted octanol–water partition coefficient (Wildman–Crippen LogP) is 2.40. The van der Waals surface area contributed by atoms with Crippen LogP contribution in [-0.2, 0) is 6.42 Å². The summed E-state index contributed by atoms with van der Waals surface area (Å²) in [5, 5.41) is 13.5. The van der Waals surface area contributed by atoms with Crippen molar-refractivity contribution >= 4 is 21.6 Å². The van der Waals surface area contributed by atoms with Gasteiger partial charge in [-0.2, -0.15) is 0 Å². The van der Waals surface area contributed by atoms with Gasteiger partial charge in [-0.3, -0.25) is 20.0 Å². The molecule has 18 heavy (non-hydrogen) atoms. The molecule has 2 aromatic rings. The van der Waals surface area contributed by atoms with Gasteiger partial charge < -0.3 is 0 Å². The summed E-state index contributed by atoms with van der Waals surface area (Å²) in [7, 11) is 0. The van der Waals surface area contributed by atoms with Gasteiger partial charge in [0.25, 0.3) is 11.2 Å². The molecule has 1 N–H and O–H groups in total. The highest BCUT2D eigenvalue weighted by molar-refractivity contribution is 9.10. The number of halogens is 1. The van der Waals surface area contributed by atoms with Crippen molar-refractivity contribution in [3.8, 4) is 5.69 Å². The zero-order valence-electron chi connectivity index (χ0n) is 9.51. The van der Waals surface area contributed by atoms with Crippen LogP contribution in [0.15, 0.2) is 33.5 Å². The standard InChI is InChI=1S/C11H10BrN3O3/c1-2-9-10(12)11(16)14(13-9)7-3-5-8(6-4-7)15(17)18/h3-6,13H,2H2,1H3. The van der Waals surface area contributed by atoms with Crippen LogP contribution < -0.4 is 5.56 Å². The van der Waals surface area contributed by atoms with E-state index >= 15 is 0 Å². The van der Waals surface area contributed by atoms with E-state index in [0.717, 1.165) is 5.69 Å². The fourth-order valence-corrected chi connectivity index (χ4v) is 2.15. The number of rotatable bonds is 3. The third kappa shape index (κ3) is 2.08. The Bertz CT molecular complexity index is 643. The Morgan fingerprint density at radius 1 is 1.39 bits per heavy atom. The van der Waals surface area contributed by atoms with Gasteiger partial charge in [0.1, 0.15) is 4.47 Å². The molecule has 0 unspecified atom stereocenters. The molecule has 0 atom stereocenters. The molecule has 0 aliphatic carbocycles. The minimum atomic E-state index is -0.478. The van der Waals surface area contributed by atoms with E-state index in [1.807, 2.05) is 6.92 Å². The number of nitrogens with one attached hydrogen (secondary N) is 1. The predicted molar refractivity (Wildman–Crippen MR) is 70.1 cm³/mol. The number of aromatic amines is 1. The summed E-state index contributed by atoms with van der Waals surface area (Å²) < 4.78 is 1.84. The van der Waals surface area contributed by atoms with Gasteiger partial charge in [0, 0.05) is 12.1 Å². The zero-order chi connectivity index (χ0) is 13.3. The molecular weight excluding hydrogens is 302 g/mol. The van der Waals surface area contributed by atoms with Gasteiger partial charge in [-0.1, -0.05) is 6.92 Å². The van der Waals surface area contributed by atoms with Crippen LogP contribution >= 0.6 is 15.9 Å². The summed E-state index contributed by atoms with van der Waals surface area (Å²) >= 11 is 3.22. The van der Waals surface area contributed by atoms with E-state index in [0.29, 0.717) is 16.6 Å². The maximum absolute atomic E-state index is 11.9. The molecule has 0 radical (unpaired) electrons. The van der Waals surface area contributed by atoms with Crippen LogP contribution in [0.4, 0.5) is 5.69 Å². The average Bonchev–Trinajstić information content (AvgIpc) is 2.66. The SMILES string of the molecule is CCc1[nH]n(-c2ccc([N+](=O)[O-])cc2)c(=O)c1Br. The second-order valence-corrected chi connectivity index (χ2v) is 4.46. The van der Waals surface area contributed by atoms with E-state index in [2.05, 4.69) is 21.0 Å². The Kier molecular flexibility index (Phi) is 3.33. The lowest BCUT2D eigenvalue weighted by Gasteiger charge is -2.00. The monoisotopic (exact) mass is 311 g/mol. The fourth-order valence-electron chi connectivity index (χ4n) is 1.60. The molecule has 0 saturated heterocycles. The largest absolute Gasteiger partial charge is 0.294 e. The van der Waals surface area contributed by atoms with Crippen LogP contribution in [0.25, 0.3) is 5.69 Å². The minimum absolute atomic E-state index is 0.00636. The fraction of sp³-hybridized carbons (Fsp3) is 0.182. The third-order valence-corrected chi connectivity index (χ3v) is 3.39. The van der Waals surface area contributed by atoms with Crippen molar-refractivity contribution < 1.29 is 4.92 Å². The highest BCUT2D eigenvalue weighted by Crippen LogP contribution is 2.16. The van der Waals surface area contributed by atoms with Crippen molar-refractivity contribution in [1.29, 1.82) is 0 Å². The van der Waals surface area contributed by atoms with Crippen LogP contribution in [0.3, 0.4) is 0 Å². The first-order chi connectivity index (χ1) is 8.54. The molecule has 0 saturated carbocycles. The number of nitro groups is 1. The highest BCUT2D eigenvalue weighted by Gasteiger charge is 2.12. The number of nitro benzene ring substituents is 1. The van der Waals surface area contributed by atoms with E-state index in [-0.39, 0.29) is 11.2 Å². The van der Waals surface area contributed by atoms with Crippen molar-refractivity contribution in [2.45, 2.75) is 13.3 Å². The number of hydrogen-bond donors (Lipinski definition) is 1. The summed E-state index contributed by atoms with van der Waals surface area (Å²) in [6.45, 7) is 1.93. The van der Waals surface area contributed by atoms with E-state index in [4.69, 9.17) is 0 Å². The van der Waals surface area contributed by atoms with Crippen molar-refractivity contribution in [2.75, 3.05) is 0 Å². The molecule has 1 aromatic heterocycles. The maximum atomic E-state index is 11.9. The van der Waals surface area contributed by atoms with Crippen molar-refractivity contribution in [1.82, 2.24) is 9.78 Å². The first kappa shape index (κ1) is 12.6. The lowest BCUT2D eigenvalue weighted by atomic mass is 10.3. The molecule has 94 valence electrons. The smallest absolute Gasteiger partial charge is 0.285 e. The molecule has 0 aliphatic rings. The summed E-state index contributed by atoms with van der Waals surface area (Å²) in [4.78, 5) is 22.0. The molecule has 6 nitrogen and oxygen atoms in total. The summed E-state index contributed by atoms with van der Waals surface area (Å²) in [6.07, 6.45) is 0.690. The first-order valence-corrected chi connectivity index (χ1v) is 6.08. The van der Waals surface area contributed by atoms with Gasteiger partial charge in [0.15, 0.2) is 0 Å². The van der Waals surface area contributed by atoms with Crippen molar-refractivity contribution in [3.05, 3.63) is 54.9 Å². The Balaban J connectivity index is 2.49. The molecule has 0 amide bonds. The molecular formula is C11H10BrN3O3. The van der Waals surface area contributed by atoms with Gasteiger partial charge in [-0.25, -0.2) is 4.68 Å². The van der Waals surface area contributed by atoms with Crippen LogP contribution in [-0.4, -0.2) is 14.7 Å². The summed E-state index contributed by atoms with van der Waals surface area (Å²) in [5.41, 5.74) is 1.14. The lowest BCUT2D eigenvalue weighted by molar-refractivity contribution is -0.384. The van der Waals surface area contributed by atoms with Crippen LogP contribution in [0.1, 0.15) is 12.6 Å². The second kappa shape index (κ2) is 4.77. The third-order valence-electron chi connectivity index (χ3n) is 2.57. The van der Waals surface area contributed by atoms with Gasteiger partial charge in [0.2, 0.25) is 0 Å². The van der Waals surface area contributed by atoms with Gasteiger partial charge >= 0.3 is 0 Å². The lowest BCUT2D eigenvalue weighted by Crippen LogP contribution is -2.14. The number of aryl methyl sites for hydroxylation is 1. The van der Waals surface area contributed by atoms with E-state index < -0.39 is 4.92 Å². The molecule has 7 heteroatoms. The Morgan fingerprint density at radius 2 is 2.00 bits per heavy atom. The topological polar surface area (TPSA) is 80.9 Å². The highest BCUT2D eigenvalue weighted by atomic mass is 79.9. The van der Waals surface area contributed by atoms with Gasteiger partial charge in [-0.15, -0.1) is 0 Å². The first-order valence-electron chi connectivity index (χ1n) is 5.28. The zero-order valence-corrected chi connectivity index (χ0v) is 11.1. The maximum Gasteiger partial charge on any atom is 0.285 e. The number of nitrogens with zero attached hydrogens (tertiary/aromatic N) is 2. The summed E-state index contributed by atoms with van der Waals surface area (Å²) in [5.74, 6) is 0. The number of hydrogen-bond acceptors (Lipinski definition) is 3. The molecule has 0 bridgehead atoms. The number of H-pyrrole nitrogens is 1. The van der Waals surface area contributed by atoms with E-state index in [1.165, 1.54) is 28.9 Å². The minimum Gasteiger partial charge on any atom is -0.294 e. The normalized spacial score (nSPS) is 10.6. The molecule has 1 heterocycles. The molecule has 0 fully saturated rings. The Hall–Kier alpha value is -1.89. The van der Waals surface area contributed by atoms with Crippen LogP contribution in [0, 0.1) is 10.1 Å². The molecule has 2 rings (SSSR count). The van der Waals surface area contributed by atoms with Crippen molar-refractivity contribution in [2.24, 2.45) is 0 Å². The van der Waals surface area contributed by atoms with E-state index in [9.17, 15) is 14.9 Å². The van der Waals surface area contributed by atoms with E-state index in [1.54, 1.807) is 0 Å². The molecule has 1 aromatic carbocycles. The Morgan fingerprint density at radius 3 is 2.44 bits per heavy atom. The van der Waals surface area contributed by atoms with Gasteiger partial charge in [0.05, 0.1) is 16.3 Å². The van der Waals surface area contributed by atoms with Crippen molar-refractivity contribution in [3.63, 3.8) is 0 Å². The summed E-state index contributed by atoms with van der Waals surface area (Å²) in [6, 6.07) is 5.79. The Labute approximate surface area is 111 Å². The molecule has 0 spiro atoms. The van der Waals surface area contributed by atoms with Gasteiger partial charge in [-0.05, 0) is 34.5 Å².